The zero-order valence-electron chi connectivity index (χ0n) is 15.8. The number of nitro benzene ring substituents is 1. The maximum Gasteiger partial charge on any atom is 0.321 e. The van der Waals surface area contributed by atoms with Crippen LogP contribution in [0.3, 0.4) is 0 Å². The van der Waals surface area contributed by atoms with Crippen LogP contribution in [0.15, 0.2) is 30.3 Å². The van der Waals surface area contributed by atoms with Gasteiger partial charge in [-0.3, -0.25) is 10.1 Å². The van der Waals surface area contributed by atoms with Gasteiger partial charge in [-0.1, -0.05) is 12.2 Å². The Balaban J connectivity index is 2.26. The molecule has 1 saturated heterocycles. The third-order valence-electron chi connectivity index (χ3n) is 4.29. The molecular formula is C19H27N3O3. The van der Waals surface area contributed by atoms with E-state index in [1.807, 2.05) is 63.5 Å². The number of benzene rings is 1. The fourth-order valence-electron chi connectivity index (χ4n) is 3.04. The summed E-state index contributed by atoms with van der Waals surface area (Å²) >= 11 is 0. The van der Waals surface area contributed by atoms with E-state index in [0.29, 0.717) is 6.54 Å². The highest BCUT2D eigenvalue weighted by atomic mass is 16.6. The molecule has 1 heterocycles. The van der Waals surface area contributed by atoms with Gasteiger partial charge in [-0.15, -0.1) is 0 Å². The van der Waals surface area contributed by atoms with E-state index in [4.69, 9.17) is 0 Å². The van der Waals surface area contributed by atoms with Crippen LogP contribution in [0.5, 0.6) is 0 Å². The summed E-state index contributed by atoms with van der Waals surface area (Å²) in [6.07, 6.45) is 3.93. The number of rotatable bonds is 3. The molecule has 25 heavy (non-hydrogen) atoms. The molecule has 136 valence electrons. The highest BCUT2D eigenvalue weighted by Crippen LogP contribution is 2.31. The third kappa shape index (κ3) is 4.18. The Kier molecular flexibility index (Phi) is 4.93. The summed E-state index contributed by atoms with van der Waals surface area (Å²) in [4.78, 5) is 27.0. The minimum absolute atomic E-state index is 0.0399. The molecule has 1 unspecified atom stereocenters. The number of nitro groups is 1. The first-order valence-electron chi connectivity index (χ1n) is 8.45. The van der Waals surface area contributed by atoms with Crippen molar-refractivity contribution in [1.82, 2.24) is 9.80 Å². The van der Waals surface area contributed by atoms with Gasteiger partial charge < -0.3 is 9.80 Å². The maximum atomic E-state index is 12.9. The van der Waals surface area contributed by atoms with E-state index in [9.17, 15) is 14.9 Å². The predicted molar refractivity (Wildman–Crippen MR) is 99.4 cm³/mol. The van der Waals surface area contributed by atoms with Crippen LogP contribution in [0.25, 0.3) is 6.08 Å². The van der Waals surface area contributed by atoms with Gasteiger partial charge in [0, 0.05) is 29.8 Å². The molecule has 0 N–H and O–H groups in total. The first-order valence-corrected chi connectivity index (χ1v) is 8.45. The van der Waals surface area contributed by atoms with Crippen molar-refractivity contribution in [3.8, 4) is 0 Å². The quantitative estimate of drug-likeness (QED) is 0.605. The van der Waals surface area contributed by atoms with E-state index in [0.717, 1.165) is 5.56 Å². The second kappa shape index (κ2) is 6.50. The zero-order chi connectivity index (χ0) is 19.0. The van der Waals surface area contributed by atoms with Gasteiger partial charge in [0.05, 0.1) is 11.0 Å². The molecular weight excluding hydrogens is 318 g/mol. The fraction of sp³-hybridized carbons (Fsp3) is 0.526. The van der Waals surface area contributed by atoms with Crippen molar-refractivity contribution in [3.63, 3.8) is 0 Å². The van der Waals surface area contributed by atoms with Crippen LogP contribution < -0.4 is 0 Å². The largest absolute Gasteiger partial charge is 0.321 e. The molecule has 0 saturated carbocycles. The minimum Gasteiger partial charge on any atom is -0.317 e. The maximum absolute atomic E-state index is 12.9. The molecule has 0 aliphatic carbocycles. The smallest absolute Gasteiger partial charge is 0.317 e. The molecule has 6 nitrogen and oxygen atoms in total. The van der Waals surface area contributed by atoms with Crippen molar-refractivity contribution in [1.29, 1.82) is 0 Å². The summed E-state index contributed by atoms with van der Waals surface area (Å²) in [5.41, 5.74) is 0.419. The van der Waals surface area contributed by atoms with Crippen molar-refractivity contribution in [3.05, 3.63) is 46.0 Å². The number of nitrogens with zero attached hydrogens (tertiary/aromatic N) is 3. The molecule has 6 heteroatoms. The summed E-state index contributed by atoms with van der Waals surface area (Å²) in [5, 5.41) is 10.7. The van der Waals surface area contributed by atoms with Crippen LogP contribution in [-0.2, 0) is 0 Å². The van der Waals surface area contributed by atoms with E-state index >= 15 is 0 Å². The Labute approximate surface area is 149 Å². The van der Waals surface area contributed by atoms with E-state index in [-0.39, 0.29) is 28.8 Å². The summed E-state index contributed by atoms with van der Waals surface area (Å²) in [5.74, 6) is 0. The topological polar surface area (TPSA) is 66.7 Å². The van der Waals surface area contributed by atoms with Gasteiger partial charge in [0.25, 0.3) is 5.69 Å². The number of urea groups is 1. The average Bonchev–Trinajstić information content (AvgIpc) is 2.82. The molecule has 0 bridgehead atoms. The van der Waals surface area contributed by atoms with Crippen LogP contribution in [0.2, 0.25) is 0 Å². The molecule has 1 fully saturated rings. The van der Waals surface area contributed by atoms with Gasteiger partial charge in [0.1, 0.15) is 0 Å². The molecule has 1 atom stereocenters. The number of hydrogen-bond donors (Lipinski definition) is 0. The van der Waals surface area contributed by atoms with Crippen molar-refractivity contribution >= 4 is 17.8 Å². The second-order valence-corrected chi connectivity index (χ2v) is 8.38. The zero-order valence-corrected chi connectivity index (χ0v) is 15.8. The van der Waals surface area contributed by atoms with Gasteiger partial charge in [-0.2, -0.15) is 0 Å². The number of non-ortho nitro benzene ring substituents is 1. The summed E-state index contributed by atoms with van der Waals surface area (Å²) in [6.45, 7) is 12.8. The van der Waals surface area contributed by atoms with Crippen LogP contribution in [-0.4, -0.2) is 44.4 Å². The number of hydrogen-bond acceptors (Lipinski definition) is 3. The number of carbonyl (C=O) groups is 1. The molecule has 0 aromatic heterocycles. The van der Waals surface area contributed by atoms with Crippen LogP contribution in [0.4, 0.5) is 10.5 Å². The summed E-state index contributed by atoms with van der Waals surface area (Å²) in [6, 6.07) is 6.41. The van der Waals surface area contributed by atoms with Gasteiger partial charge >= 0.3 is 6.03 Å². The van der Waals surface area contributed by atoms with E-state index in [2.05, 4.69) is 0 Å². The average molecular weight is 345 g/mol. The lowest BCUT2D eigenvalue weighted by molar-refractivity contribution is -0.384. The van der Waals surface area contributed by atoms with E-state index in [1.165, 1.54) is 12.1 Å². The molecule has 1 aliphatic rings. The van der Waals surface area contributed by atoms with Crippen LogP contribution in [0.1, 0.15) is 47.1 Å². The SMILES string of the molecule is CC(C)(C)N1CC(/C=C/c2ccc([N+](=O)[O-])cc2)N(C(C)(C)C)C1=O. The Morgan fingerprint density at radius 3 is 2.08 bits per heavy atom. The highest BCUT2D eigenvalue weighted by Gasteiger charge is 2.45. The lowest BCUT2D eigenvalue weighted by Crippen LogP contribution is -2.50. The Morgan fingerprint density at radius 2 is 1.64 bits per heavy atom. The molecule has 0 radical (unpaired) electrons. The van der Waals surface area contributed by atoms with E-state index in [1.54, 1.807) is 12.1 Å². The van der Waals surface area contributed by atoms with Crippen LogP contribution in [0, 0.1) is 10.1 Å². The van der Waals surface area contributed by atoms with Crippen molar-refractivity contribution in [2.45, 2.75) is 58.7 Å². The molecule has 0 spiro atoms. The predicted octanol–water partition coefficient (Wildman–Crippen LogP) is 4.31. The van der Waals surface area contributed by atoms with Crippen molar-refractivity contribution in [2.24, 2.45) is 0 Å². The molecule has 2 amide bonds. The fourth-order valence-corrected chi connectivity index (χ4v) is 3.04. The second-order valence-electron chi connectivity index (χ2n) is 8.38. The minimum atomic E-state index is -0.411. The highest BCUT2D eigenvalue weighted by molar-refractivity contribution is 5.79. The Bertz CT molecular complexity index is 681. The first kappa shape index (κ1) is 19.0. The lowest BCUT2D eigenvalue weighted by atomic mass is 10.0. The molecule has 1 aromatic rings. The van der Waals surface area contributed by atoms with Crippen molar-refractivity contribution < 1.29 is 9.72 Å². The standard InChI is InChI=1S/C19H27N3O3/c1-18(2,3)20-13-16(21(17(20)23)19(4,5)6)12-9-14-7-10-15(11-8-14)22(24)25/h7-12,16H,13H2,1-6H3/b12-9+. The Morgan fingerprint density at radius 1 is 1.08 bits per heavy atom. The number of carbonyl (C=O) groups excluding carboxylic acids is 1. The van der Waals surface area contributed by atoms with Gasteiger partial charge in [0.15, 0.2) is 0 Å². The molecule has 2 rings (SSSR count). The normalized spacial score (nSPS) is 19.1. The van der Waals surface area contributed by atoms with Gasteiger partial charge in [-0.05, 0) is 59.2 Å². The first-order chi connectivity index (χ1) is 11.4. The van der Waals surface area contributed by atoms with Gasteiger partial charge in [0.2, 0.25) is 0 Å². The monoisotopic (exact) mass is 345 g/mol. The van der Waals surface area contributed by atoms with E-state index < -0.39 is 4.92 Å². The Hall–Kier alpha value is -2.37. The lowest BCUT2D eigenvalue weighted by Gasteiger charge is -2.36. The van der Waals surface area contributed by atoms with Crippen molar-refractivity contribution in [2.75, 3.05) is 6.54 Å². The molecule has 1 aromatic carbocycles. The summed E-state index contributed by atoms with van der Waals surface area (Å²) < 4.78 is 0. The van der Waals surface area contributed by atoms with Crippen LogP contribution >= 0.6 is 0 Å². The number of amides is 2. The van der Waals surface area contributed by atoms with Gasteiger partial charge in [-0.25, -0.2) is 4.79 Å². The third-order valence-corrected chi connectivity index (χ3v) is 4.29. The molecule has 1 aliphatic heterocycles. The summed E-state index contributed by atoms with van der Waals surface area (Å²) in [7, 11) is 0.